The van der Waals surface area contributed by atoms with Crippen molar-refractivity contribution < 1.29 is 13.9 Å². The van der Waals surface area contributed by atoms with Crippen LogP contribution in [0, 0.1) is 6.92 Å². The molecule has 0 spiro atoms. The maximum atomic E-state index is 12.9. The number of anilines is 1. The number of thiazole rings is 1. The molecule has 3 heterocycles. The molecule has 5 rings (SSSR count). The minimum Gasteiger partial charge on any atom is -0.446 e. The summed E-state index contributed by atoms with van der Waals surface area (Å²) in [5.41, 5.74) is 5.64. The van der Waals surface area contributed by atoms with Crippen LogP contribution in [0.1, 0.15) is 34.8 Å². The molecule has 2 aromatic heterocycles. The Bertz CT molecular complexity index is 961. The van der Waals surface area contributed by atoms with Gasteiger partial charge in [-0.2, -0.15) is 0 Å². The number of nitrogens with zero attached hydrogens (tertiary/aromatic N) is 4. The summed E-state index contributed by atoms with van der Waals surface area (Å²) in [6, 6.07) is 2.05. The molecular formula is C21H23FN4O2S. The number of aromatic nitrogens is 2. The summed E-state index contributed by atoms with van der Waals surface area (Å²) in [5, 5.41) is 3.17. The van der Waals surface area contributed by atoms with Crippen molar-refractivity contribution in [1.29, 1.82) is 0 Å². The number of allylic oxidation sites excluding steroid dienone is 1. The molecule has 0 radical (unpaired) electrons. The first-order valence-electron chi connectivity index (χ1n) is 10.0. The van der Waals surface area contributed by atoms with Crippen molar-refractivity contribution in [2.75, 3.05) is 31.1 Å². The fraction of sp³-hybridized carbons (Fsp3) is 0.476. The summed E-state index contributed by atoms with van der Waals surface area (Å²) in [7, 11) is 0. The summed E-state index contributed by atoms with van der Waals surface area (Å²) in [6.07, 6.45) is 4.15. The predicted molar refractivity (Wildman–Crippen MR) is 111 cm³/mol. The van der Waals surface area contributed by atoms with E-state index in [1.54, 1.807) is 16.2 Å². The number of carbonyl (C=O) groups excluding carboxylic acids is 1. The average molecular weight is 415 g/mol. The second kappa shape index (κ2) is 7.40. The number of piperazine rings is 1. The van der Waals surface area contributed by atoms with Crippen LogP contribution in [-0.4, -0.2) is 59.4 Å². The smallest absolute Gasteiger partial charge is 0.410 e. The molecule has 0 N–H and O–H groups in total. The van der Waals surface area contributed by atoms with Crippen LogP contribution >= 0.6 is 11.3 Å². The number of carbonyl (C=O) groups is 1. The van der Waals surface area contributed by atoms with Crippen molar-refractivity contribution in [2.24, 2.45) is 0 Å². The Morgan fingerprint density at radius 3 is 2.76 bits per heavy atom. The van der Waals surface area contributed by atoms with E-state index in [2.05, 4.69) is 26.3 Å². The van der Waals surface area contributed by atoms with Crippen LogP contribution in [0.25, 0.3) is 11.6 Å². The zero-order chi connectivity index (χ0) is 20.0. The third-order valence-corrected chi connectivity index (χ3v) is 6.63. The highest BCUT2D eigenvalue weighted by Crippen LogP contribution is 2.36. The molecule has 0 aromatic carbocycles. The minimum absolute atomic E-state index is 0.253. The standard InChI is InChI=1S/C21H23FN4O2S/c1-13-24-19(12-29-13)14-8-17-18(9-14)23-3-2-20(17)25-4-6-26(7-5-25)21(27)28-16-10-15(22)11-16/h2-3,8,12,15-16H,4-7,9-11H2,1H3. The van der Waals surface area contributed by atoms with Crippen LogP contribution in [0.2, 0.25) is 0 Å². The summed E-state index contributed by atoms with van der Waals surface area (Å²) in [5.74, 6) is 0. The molecule has 1 saturated heterocycles. The van der Waals surface area contributed by atoms with E-state index in [0.717, 1.165) is 47.2 Å². The Kier molecular flexibility index (Phi) is 4.73. The van der Waals surface area contributed by atoms with Gasteiger partial charge in [0.25, 0.3) is 0 Å². The Balaban J connectivity index is 1.26. The molecule has 0 unspecified atom stereocenters. The monoisotopic (exact) mass is 414 g/mol. The summed E-state index contributed by atoms with van der Waals surface area (Å²) in [4.78, 5) is 25.5. The first kappa shape index (κ1) is 18.5. The third kappa shape index (κ3) is 3.61. The highest BCUT2D eigenvalue weighted by molar-refractivity contribution is 7.09. The van der Waals surface area contributed by atoms with E-state index in [1.165, 1.54) is 5.57 Å². The first-order chi connectivity index (χ1) is 14.1. The van der Waals surface area contributed by atoms with E-state index >= 15 is 0 Å². The highest BCUT2D eigenvalue weighted by atomic mass is 32.1. The summed E-state index contributed by atoms with van der Waals surface area (Å²) < 4.78 is 18.3. The number of hydrogen-bond donors (Lipinski definition) is 0. The highest BCUT2D eigenvalue weighted by Gasteiger charge is 2.34. The molecule has 0 bridgehead atoms. The number of amides is 1. The van der Waals surface area contributed by atoms with Gasteiger partial charge in [-0.1, -0.05) is 0 Å². The average Bonchev–Trinajstić information content (AvgIpc) is 3.32. The molecular weight excluding hydrogens is 391 g/mol. The molecule has 1 amide bonds. The van der Waals surface area contributed by atoms with Gasteiger partial charge in [0.15, 0.2) is 0 Å². The van der Waals surface area contributed by atoms with Crippen LogP contribution < -0.4 is 4.90 Å². The van der Waals surface area contributed by atoms with Gasteiger partial charge in [-0.15, -0.1) is 11.3 Å². The Hall–Kier alpha value is -2.48. The molecule has 8 heteroatoms. The minimum atomic E-state index is -0.815. The molecule has 152 valence electrons. The second-order valence-corrected chi connectivity index (χ2v) is 8.90. The number of halogens is 1. The van der Waals surface area contributed by atoms with Gasteiger partial charge < -0.3 is 14.5 Å². The molecule has 1 saturated carbocycles. The molecule has 2 aliphatic carbocycles. The van der Waals surface area contributed by atoms with Crippen molar-refractivity contribution >= 4 is 34.8 Å². The van der Waals surface area contributed by atoms with Crippen molar-refractivity contribution in [1.82, 2.24) is 14.9 Å². The third-order valence-electron chi connectivity index (χ3n) is 5.86. The van der Waals surface area contributed by atoms with Gasteiger partial charge in [-0.05, 0) is 24.6 Å². The van der Waals surface area contributed by atoms with E-state index in [-0.39, 0.29) is 12.2 Å². The Labute approximate surface area is 173 Å². The van der Waals surface area contributed by atoms with E-state index in [1.807, 2.05) is 19.2 Å². The summed E-state index contributed by atoms with van der Waals surface area (Å²) in [6.45, 7) is 4.70. The zero-order valence-electron chi connectivity index (χ0n) is 16.3. The maximum absolute atomic E-state index is 12.9. The van der Waals surface area contributed by atoms with Gasteiger partial charge in [0.1, 0.15) is 12.3 Å². The Morgan fingerprint density at radius 1 is 1.28 bits per heavy atom. The number of hydrogen-bond acceptors (Lipinski definition) is 6. The van der Waals surface area contributed by atoms with Gasteiger partial charge in [-0.25, -0.2) is 14.2 Å². The lowest BCUT2D eigenvalue weighted by Crippen LogP contribution is -2.50. The molecule has 3 aliphatic rings. The van der Waals surface area contributed by atoms with E-state index in [0.29, 0.717) is 25.9 Å². The Morgan fingerprint density at radius 2 is 2.07 bits per heavy atom. The lowest BCUT2D eigenvalue weighted by Gasteiger charge is -2.38. The summed E-state index contributed by atoms with van der Waals surface area (Å²) >= 11 is 1.66. The van der Waals surface area contributed by atoms with Gasteiger partial charge in [0.2, 0.25) is 0 Å². The van der Waals surface area contributed by atoms with Crippen molar-refractivity contribution in [3.05, 3.63) is 39.6 Å². The number of ether oxygens (including phenoxy) is 1. The van der Waals surface area contributed by atoms with Crippen LogP contribution in [0.4, 0.5) is 14.9 Å². The van der Waals surface area contributed by atoms with Crippen LogP contribution in [0.15, 0.2) is 17.6 Å². The number of pyridine rings is 1. The SMILES string of the molecule is Cc1nc(C2=Cc3c(N4CCN(C(=O)OC5CC(F)C5)CC4)ccnc3C2)cs1. The van der Waals surface area contributed by atoms with E-state index in [9.17, 15) is 9.18 Å². The molecule has 0 atom stereocenters. The van der Waals surface area contributed by atoms with Gasteiger partial charge in [0.05, 0.1) is 16.4 Å². The fourth-order valence-electron chi connectivity index (χ4n) is 4.10. The number of alkyl halides is 1. The van der Waals surface area contributed by atoms with Gasteiger partial charge in [0, 0.05) is 68.3 Å². The van der Waals surface area contributed by atoms with Crippen molar-refractivity contribution in [2.45, 2.75) is 38.5 Å². The van der Waals surface area contributed by atoms with E-state index in [4.69, 9.17) is 4.74 Å². The lowest BCUT2D eigenvalue weighted by atomic mass is 9.94. The number of fused-ring (bicyclic) bond motifs is 1. The number of rotatable bonds is 3. The largest absolute Gasteiger partial charge is 0.446 e. The van der Waals surface area contributed by atoms with Crippen molar-refractivity contribution in [3.63, 3.8) is 0 Å². The molecule has 6 nitrogen and oxygen atoms in total. The van der Waals surface area contributed by atoms with Gasteiger partial charge in [-0.3, -0.25) is 4.98 Å². The number of aryl methyl sites for hydroxylation is 1. The van der Waals surface area contributed by atoms with E-state index < -0.39 is 6.17 Å². The molecule has 2 fully saturated rings. The fourth-order valence-corrected chi connectivity index (χ4v) is 4.74. The topological polar surface area (TPSA) is 58.6 Å². The lowest BCUT2D eigenvalue weighted by molar-refractivity contribution is -0.0132. The molecule has 2 aromatic rings. The second-order valence-electron chi connectivity index (χ2n) is 7.84. The van der Waals surface area contributed by atoms with Gasteiger partial charge >= 0.3 is 6.09 Å². The first-order valence-corrected chi connectivity index (χ1v) is 10.9. The molecule has 29 heavy (non-hydrogen) atoms. The zero-order valence-corrected chi connectivity index (χ0v) is 17.1. The maximum Gasteiger partial charge on any atom is 0.410 e. The van der Waals surface area contributed by atoms with Crippen LogP contribution in [0.5, 0.6) is 0 Å². The predicted octanol–water partition coefficient (Wildman–Crippen LogP) is 3.70. The van der Waals surface area contributed by atoms with Crippen LogP contribution in [-0.2, 0) is 11.2 Å². The molecule has 1 aliphatic heterocycles. The quantitative estimate of drug-likeness (QED) is 0.767. The normalized spacial score (nSPS) is 23.4. The van der Waals surface area contributed by atoms with Crippen LogP contribution in [0.3, 0.4) is 0 Å². The van der Waals surface area contributed by atoms with Crippen molar-refractivity contribution in [3.8, 4) is 0 Å².